The third-order valence-corrected chi connectivity index (χ3v) is 2.29. The minimum Gasteiger partial charge on any atom is -0.375 e. The molecule has 14 heavy (non-hydrogen) atoms. The monoisotopic (exact) mass is 191 g/mol. The highest BCUT2D eigenvalue weighted by atomic mass is 16.1. The van der Waals surface area contributed by atoms with E-state index in [-0.39, 0.29) is 0 Å². The number of aldehydes is 1. The van der Waals surface area contributed by atoms with E-state index in [4.69, 9.17) is 0 Å². The maximum absolute atomic E-state index is 10.6. The zero-order valence-corrected chi connectivity index (χ0v) is 8.86. The number of unbranched alkanes of at least 4 members (excludes halogenated alkanes) is 1. The van der Waals surface area contributed by atoms with E-state index in [1.54, 1.807) is 0 Å². The molecule has 0 N–H and O–H groups in total. The van der Waals surface area contributed by atoms with Gasteiger partial charge in [-0.3, -0.25) is 4.79 Å². The molecular weight excluding hydrogens is 174 g/mol. The van der Waals surface area contributed by atoms with Crippen molar-refractivity contribution in [1.82, 2.24) is 0 Å². The van der Waals surface area contributed by atoms with E-state index in [1.165, 1.54) is 12.8 Å². The van der Waals surface area contributed by atoms with Crippen molar-refractivity contribution in [3.63, 3.8) is 0 Å². The predicted molar refractivity (Wildman–Crippen MR) is 60.0 cm³/mol. The highest BCUT2D eigenvalue weighted by Crippen LogP contribution is 2.14. The van der Waals surface area contributed by atoms with Crippen LogP contribution < -0.4 is 4.90 Å². The number of benzene rings is 1. The van der Waals surface area contributed by atoms with E-state index in [0.29, 0.717) is 0 Å². The molecule has 1 aromatic rings. The quantitative estimate of drug-likeness (QED) is 0.667. The van der Waals surface area contributed by atoms with Crippen LogP contribution >= 0.6 is 0 Å². The van der Waals surface area contributed by atoms with Crippen molar-refractivity contribution in [2.24, 2.45) is 0 Å². The first-order valence-corrected chi connectivity index (χ1v) is 5.04. The highest BCUT2D eigenvalue weighted by molar-refractivity contribution is 5.77. The lowest BCUT2D eigenvalue weighted by Gasteiger charge is -2.18. The molecule has 2 nitrogen and oxygen atoms in total. The summed E-state index contributed by atoms with van der Waals surface area (Å²) in [6.07, 6.45) is 3.26. The van der Waals surface area contributed by atoms with Crippen LogP contribution in [0.25, 0.3) is 0 Å². The molecule has 2 heteroatoms. The fourth-order valence-electron chi connectivity index (χ4n) is 1.36. The first kappa shape index (κ1) is 10.8. The minimum absolute atomic E-state index is 0.742. The van der Waals surface area contributed by atoms with Gasteiger partial charge in [-0.25, -0.2) is 0 Å². The first-order chi connectivity index (χ1) is 6.77. The molecule has 0 atom stereocenters. The van der Waals surface area contributed by atoms with Crippen LogP contribution in [0.3, 0.4) is 0 Å². The number of rotatable bonds is 5. The average molecular weight is 191 g/mol. The molecule has 0 heterocycles. The van der Waals surface area contributed by atoms with Gasteiger partial charge in [0.05, 0.1) is 0 Å². The molecule has 0 spiro atoms. The van der Waals surface area contributed by atoms with E-state index in [2.05, 4.69) is 18.9 Å². The largest absolute Gasteiger partial charge is 0.375 e. The van der Waals surface area contributed by atoms with Crippen LogP contribution in [0.4, 0.5) is 5.69 Å². The van der Waals surface area contributed by atoms with Gasteiger partial charge >= 0.3 is 0 Å². The lowest BCUT2D eigenvalue weighted by Crippen LogP contribution is -2.18. The van der Waals surface area contributed by atoms with Crippen molar-refractivity contribution < 1.29 is 4.79 Å². The van der Waals surface area contributed by atoms with Crippen LogP contribution in [0.1, 0.15) is 30.1 Å². The van der Waals surface area contributed by atoms with Gasteiger partial charge in [0.1, 0.15) is 6.29 Å². The number of hydrogen-bond donors (Lipinski definition) is 0. The normalized spacial score (nSPS) is 9.86. The molecule has 0 fully saturated rings. The van der Waals surface area contributed by atoms with Gasteiger partial charge in [0.25, 0.3) is 0 Å². The molecule has 0 unspecified atom stereocenters. The molecule has 0 aromatic heterocycles. The van der Waals surface area contributed by atoms with Gasteiger partial charge in [-0.1, -0.05) is 25.5 Å². The third-order valence-electron chi connectivity index (χ3n) is 2.29. The Morgan fingerprint density at radius 2 is 2.21 bits per heavy atom. The van der Waals surface area contributed by atoms with Crippen LogP contribution in [0, 0.1) is 0 Å². The fraction of sp³-hybridized carbons (Fsp3) is 0.417. The molecule has 0 aliphatic heterocycles. The summed E-state index contributed by atoms with van der Waals surface area (Å²) in [5, 5.41) is 0. The lowest BCUT2D eigenvalue weighted by atomic mass is 10.2. The summed E-state index contributed by atoms with van der Waals surface area (Å²) in [5.74, 6) is 0. The Labute approximate surface area is 85.5 Å². The van der Waals surface area contributed by atoms with E-state index in [1.807, 2.05) is 24.3 Å². The van der Waals surface area contributed by atoms with Gasteiger partial charge in [-0.2, -0.15) is 0 Å². The molecule has 0 amide bonds. The molecule has 76 valence electrons. The second-order valence-electron chi connectivity index (χ2n) is 3.49. The summed E-state index contributed by atoms with van der Waals surface area (Å²) >= 11 is 0. The van der Waals surface area contributed by atoms with Crippen LogP contribution in [0.15, 0.2) is 24.3 Å². The van der Waals surface area contributed by atoms with Crippen molar-refractivity contribution in [3.05, 3.63) is 29.8 Å². The number of anilines is 1. The molecule has 1 rings (SSSR count). The Kier molecular flexibility index (Phi) is 4.17. The predicted octanol–water partition coefficient (Wildman–Crippen LogP) is 2.74. The maximum atomic E-state index is 10.6. The van der Waals surface area contributed by atoms with Crippen LogP contribution in [-0.2, 0) is 0 Å². The maximum Gasteiger partial charge on any atom is 0.150 e. The topological polar surface area (TPSA) is 20.3 Å². The zero-order chi connectivity index (χ0) is 10.4. The van der Waals surface area contributed by atoms with Crippen molar-refractivity contribution in [2.75, 3.05) is 18.5 Å². The Morgan fingerprint density at radius 3 is 2.86 bits per heavy atom. The Balaban J connectivity index is 2.68. The van der Waals surface area contributed by atoms with Crippen LogP contribution in [-0.4, -0.2) is 19.9 Å². The number of carbonyl (C=O) groups excluding carboxylic acids is 1. The van der Waals surface area contributed by atoms with Gasteiger partial charge < -0.3 is 4.90 Å². The summed E-state index contributed by atoms with van der Waals surface area (Å²) in [7, 11) is 2.06. The summed E-state index contributed by atoms with van der Waals surface area (Å²) in [6.45, 7) is 3.22. The van der Waals surface area contributed by atoms with Gasteiger partial charge in [-0.05, 0) is 18.6 Å². The van der Waals surface area contributed by atoms with E-state index in [9.17, 15) is 4.79 Å². The molecule has 0 saturated carbocycles. The number of carbonyl (C=O) groups is 1. The Morgan fingerprint density at radius 1 is 1.43 bits per heavy atom. The molecule has 1 aromatic carbocycles. The van der Waals surface area contributed by atoms with E-state index in [0.717, 1.165) is 24.1 Å². The standard InChI is InChI=1S/C12H17NO/c1-3-4-8-13(2)12-7-5-6-11(9-12)10-14/h5-7,9-10H,3-4,8H2,1-2H3. The van der Waals surface area contributed by atoms with Crippen LogP contribution in [0.2, 0.25) is 0 Å². The minimum atomic E-state index is 0.742. The molecule has 0 saturated heterocycles. The summed E-state index contributed by atoms with van der Waals surface area (Å²) < 4.78 is 0. The lowest BCUT2D eigenvalue weighted by molar-refractivity contribution is 0.112. The molecule has 0 aliphatic rings. The number of nitrogens with zero attached hydrogens (tertiary/aromatic N) is 1. The molecule has 0 bridgehead atoms. The highest BCUT2D eigenvalue weighted by Gasteiger charge is 2.00. The van der Waals surface area contributed by atoms with Gasteiger partial charge in [0.2, 0.25) is 0 Å². The molecule has 0 radical (unpaired) electrons. The summed E-state index contributed by atoms with van der Waals surface area (Å²) in [6, 6.07) is 7.69. The van der Waals surface area contributed by atoms with Crippen molar-refractivity contribution in [1.29, 1.82) is 0 Å². The summed E-state index contributed by atoms with van der Waals surface area (Å²) in [4.78, 5) is 12.8. The SMILES string of the molecule is CCCCN(C)c1cccc(C=O)c1. The van der Waals surface area contributed by atoms with Crippen molar-refractivity contribution in [2.45, 2.75) is 19.8 Å². The summed E-state index contributed by atoms with van der Waals surface area (Å²) in [5.41, 5.74) is 1.86. The van der Waals surface area contributed by atoms with Crippen LogP contribution in [0.5, 0.6) is 0 Å². The third kappa shape index (κ3) is 2.87. The van der Waals surface area contributed by atoms with Gasteiger partial charge in [-0.15, -0.1) is 0 Å². The average Bonchev–Trinajstić information content (AvgIpc) is 2.26. The number of hydrogen-bond acceptors (Lipinski definition) is 2. The smallest absolute Gasteiger partial charge is 0.150 e. The van der Waals surface area contributed by atoms with E-state index < -0.39 is 0 Å². The Hall–Kier alpha value is -1.31. The van der Waals surface area contributed by atoms with Crippen molar-refractivity contribution in [3.8, 4) is 0 Å². The second-order valence-corrected chi connectivity index (χ2v) is 3.49. The van der Waals surface area contributed by atoms with Gasteiger partial charge in [0, 0.05) is 24.8 Å². The molecule has 0 aliphatic carbocycles. The van der Waals surface area contributed by atoms with E-state index >= 15 is 0 Å². The fourth-order valence-corrected chi connectivity index (χ4v) is 1.36. The molecular formula is C12H17NO. The van der Waals surface area contributed by atoms with Crippen molar-refractivity contribution >= 4 is 12.0 Å². The zero-order valence-electron chi connectivity index (χ0n) is 8.86. The van der Waals surface area contributed by atoms with Gasteiger partial charge in [0.15, 0.2) is 0 Å². The second kappa shape index (κ2) is 5.43. The Bertz CT molecular complexity index is 296. The first-order valence-electron chi connectivity index (χ1n) is 5.04.